The molecule has 0 fully saturated rings. The Bertz CT molecular complexity index is 926. The third-order valence-electron chi connectivity index (χ3n) is 5.81. The van der Waals surface area contributed by atoms with Crippen LogP contribution in [0.5, 0.6) is 0 Å². The molecule has 184 valence electrons. The molecule has 0 saturated heterocycles. The number of quaternary nitrogens is 1. The Morgan fingerprint density at radius 2 is 1.73 bits per heavy atom. The van der Waals surface area contributed by atoms with Crippen LogP contribution >= 0.6 is 0 Å². The van der Waals surface area contributed by atoms with Crippen LogP contribution in [-0.4, -0.2) is 55.1 Å². The van der Waals surface area contributed by atoms with E-state index in [0.29, 0.717) is 25.1 Å². The Labute approximate surface area is 197 Å². The molecule has 33 heavy (non-hydrogen) atoms. The lowest BCUT2D eigenvalue weighted by atomic mass is 10.0. The molecule has 1 heterocycles. The van der Waals surface area contributed by atoms with Crippen LogP contribution in [0.2, 0.25) is 0 Å². The third-order valence-corrected chi connectivity index (χ3v) is 7.89. The quantitative estimate of drug-likeness (QED) is 0.338. The number of nitrogens with one attached hydrogen (secondary N) is 2. The van der Waals surface area contributed by atoms with E-state index in [0.717, 1.165) is 5.56 Å². The van der Waals surface area contributed by atoms with Crippen molar-refractivity contribution in [3.63, 3.8) is 0 Å². The summed E-state index contributed by atoms with van der Waals surface area (Å²) in [6, 6.07) is 12.6. The molecule has 9 heteroatoms. The van der Waals surface area contributed by atoms with Gasteiger partial charge in [0.2, 0.25) is 5.91 Å². The largest absolute Gasteiger partial charge is 0.469 e. The second kappa shape index (κ2) is 12.9. The molecule has 1 aromatic carbocycles. The molecule has 8 nitrogen and oxygen atoms in total. The van der Waals surface area contributed by atoms with Gasteiger partial charge in [0.1, 0.15) is 17.9 Å². The van der Waals surface area contributed by atoms with Gasteiger partial charge in [0.25, 0.3) is 0 Å². The van der Waals surface area contributed by atoms with E-state index in [1.807, 2.05) is 44.2 Å². The molecule has 0 aliphatic carbocycles. The van der Waals surface area contributed by atoms with Crippen molar-refractivity contribution in [1.82, 2.24) is 10.0 Å². The minimum atomic E-state index is -4.14. The number of aliphatic hydroxyl groups excluding tert-OH is 1. The van der Waals surface area contributed by atoms with Crippen molar-refractivity contribution < 1.29 is 26.6 Å². The van der Waals surface area contributed by atoms with Gasteiger partial charge in [-0.15, -0.1) is 0 Å². The van der Waals surface area contributed by atoms with Gasteiger partial charge in [-0.25, -0.2) is 4.72 Å². The number of aliphatic hydroxyl groups is 1. The lowest BCUT2D eigenvalue weighted by Crippen LogP contribution is -2.68. The predicted molar refractivity (Wildman–Crippen MR) is 128 cm³/mol. The highest BCUT2D eigenvalue weighted by Crippen LogP contribution is 2.28. The van der Waals surface area contributed by atoms with Gasteiger partial charge in [0.05, 0.1) is 25.8 Å². The van der Waals surface area contributed by atoms with E-state index in [9.17, 15) is 18.3 Å². The van der Waals surface area contributed by atoms with E-state index in [2.05, 4.69) is 10.0 Å². The molecular formula is C24H38N3O5S+. The zero-order valence-corrected chi connectivity index (χ0v) is 20.7. The number of amides is 1. The molecule has 0 radical (unpaired) electrons. The van der Waals surface area contributed by atoms with E-state index < -0.39 is 32.2 Å². The van der Waals surface area contributed by atoms with Crippen LogP contribution < -0.4 is 10.0 Å². The Balaban J connectivity index is 2.40. The molecule has 0 bridgehead atoms. The summed E-state index contributed by atoms with van der Waals surface area (Å²) >= 11 is 0. The van der Waals surface area contributed by atoms with Gasteiger partial charge in [0.15, 0.2) is 0 Å². The fourth-order valence-electron chi connectivity index (χ4n) is 4.27. The maximum absolute atomic E-state index is 13.6. The number of furan rings is 1. The maximum atomic E-state index is 13.6. The summed E-state index contributed by atoms with van der Waals surface area (Å²) in [4.78, 5) is 12.1. The molecule has 0 saturated carbocycles. The van der Waals surface area contributed by atoms with Gasteiger partial charge in [-0.1, -0.05) is 51.1 Å². The maximum Gasteiger partial charge on any atom is 0.396 e. The summed E-state index contributed by atoms with van der Waals surface area (Å²) < 4.78 is 34.7. The van der Waals surface area contributed by atoms with Crippen LogP contribution in [0, 0.1) is 0 Å². The molecule has 3 N–H and O–H groups in total. The number of benzene rings is 1. The highest BCUT2D eigenvalue weighted by molar-refractivity contribution is 7.84. The van der Waals surface area contributed by atoms with Gasteiger partial charge in [-0.05, 0) is 30.5 Å². The molecule has 0 aliphatic rings. The molecule has 2 atom stereocenters. The van der Waals surface area contributed by atoms with Gasteiger partial charge >= 0.3 is 10.2 Å². The van der Waals surface area contributed by atoms with Crippen molar-refractivity contribution in [1.29, 1.82) is 0 Å². The first-order chi connectivity index (χ1) is 15.8. The normalized spacial score (nSPS) is 14.1. The Morgan fingerprint density at radius 3 is 2.27 bits per heavy atom. The first-order valence-corrected chi connectivity index (χ1v) is 13.1. The molecule has 2 unspecified atom stereocenters. The lowest BCUT2D eigenvalue weighted by molar-refractivity contribution is -0.838. The van der Waals surface area contributed by atoms with Crippen molar-refractivity contribution in [2.45, 2.75) is 65.1 Å². The highest BCUT2D eigenvalue weighted by atomic mass is 32.2. The zero-order valence-electron chi connectivity index (χ0n) is 19.9. The third kappa shape index (κ3) is 7.14. The van der Waals surface area contributed by atoms with E-state index in [-0.39, 0.29) is 32.5 Å². The highest BCUT2D eigenvalue weighted by Gasteiger charge is 2.51. The van der Waals surface area contributed by atoms with E-state index in [1.165, 1.54) is 6.26 Å². The van der Waals surface area contributed by atoms with Gasteiger partial charge < -0.3 is 14.8 Å². The lowest BCUT2D eigenvalue weighted by Gasteiger charge is -2.44. The van der Waals surface area contributed by atoms with E-state index in [1.54, 1.807) is 19.1 Å². The Kier molecular flexibility index (Phi) is 10.6. The zero-order chi connectivity index (χ0) is 24.3. The minimum absolute atomic E-state index is 0.0571. The molecule has 2 rings (SSSR count). The van der Waals surface area contributed by atoms with Crippen LogP contribution in [-0.2, 0) is 28.0 Å². The summed E-state index contributed by atoms with van der Waals surface area (Å²) in [5.74, 6) is 0.0342. The number of hydrogen-bond acceptors (Lipinski definition) is 6. The van der Waals surface area contributed by atoms with Crippen LogP contribution in [0.1, 0.15) is 51.4 Å². The Hall–Kier alpha value is -2.20. The summed E-state index contributed by atoms with van der Waals surface area (Å²) in [7, 11) is -4.14. The Morgan fingerprint density at radius 1 is 1.06 bits per heavy atom. The SMILES string of the molecule is CCC[N+](CCC)(C(Cc1ccco1)C(O)CNCc1ccccc1)S(=O)(=O)NC(=O)CC. The molecule has 2 aromatic rings. The van der Waals surface area contributed by atoms with Crippen molar-refractivity contribution >= 4 is 16.1 Å². The molecule has 0 aliphatic heterocycles. The van der Waals surface area contributed by atoms with Crippen molar-refractivity contribution in [3.05, 3.63) is 60.1 Å². The van der Waals surface area contributed by atoms with Crippen LogP contribution in [0.15, 0.2) is 53.1 Å². The molecular weight excluding hydrogens is 442 g/mol. The van der Waals surface area contributed by atoms with E-state index >= 15 is 0 Å². The smallest absolute Gasteiger partial charge is 0.396 e. The molecule has 0 spiro atoms. The fourth-order valence-corrected chi connectivity index (χ4v) is 6.30. The van der Waals surface area contributed by atoms with Crippen LogP contribution in [0.3, 0.4) is 0 Å². The van der Waals surface area contributed by atoms with Gasteiger partial charge in [0, 0.05) is 19.5 Å². The number of rotatable bonds is 15. The van der Waals surface area contributed by atoms with Crippen LogP contribution in [0.4, 0.5) is 0 Å². The van der Waals surface area contributed by atoms with Crippen molar-refractivity contribution in [2.24, 2.45) is 0 Å². The van der Waals surface area contributed by atoms with Crippen molar-refractivity contribution in [3.8, 4) is 0 Å². The van der Waals surface area contributed by atoms with Gasteiger partial charge in [-0.3, -0.25) is 4.79 Å². The second-order valence-electron chi connectivity index (χ2n) is 8.29. The number of hydrogen-bond donors (Lipinski definition) is 3. The van der Waals surface area contributed by atoms with Crippen molar-refractivity contribution in [2.75, 3.05) is 19.6 Å². The minimum Gasteiger partial charge on any atom is -0.469 e. The first-order valence-electron chi connectivity index (χ1n) is 11.7. The van der Waals surface area contributed by atoms with Crippen LogP contribution in [0.25, 0.3) is 0 Å². The molecule has 1 amide bonds. The summed E-state index contributed by atoms with van der Waals surface area (Å²) in [5.41, 5.74) is 1.07. The predicted octanol–water partition coefficient (Wildman–Crippen LogP) is 2.75. The summed E-state index contributed by atoms with van der Waals surface area (Å²) in [6.07, 6.45) is 1.96. The number of nitrogens with zero attached hydrogens (tertiary/aromatic N) is 1. The number of carbonyl (C=O) groups excluding carboxylic acids is 1. The average Bonchev–Trinajstić information content (AvgIpc) is 3.31. The first kappa shape index (κ1) is 27.0. The average molecular weight is 481 g/mol. The van der Waals surface area contributed by atoms with E-state index in [4.69, 9.17) is 4.42 Å². The fraction of sp³-hybridized carbons (Fsp3) is 0.542. The molecule has 1 aromatic heterocycles. The summed E-state index contributed by atoms with van der Waals surface area (Å²) in [5, 5.41) is 14.6. The number of carbonyl (C=O) groups is 1. The monoisotopic (exact) mass is 480 g/mol. The second-order valence-corrected chi connectivity index (χ2v) is 10.2. The summed E-state index contributed by atoms with van der Waals surface area (Å²) in [6.45, 7) is 6.70. The van der Waals surface area contributed by atoms with Gasteiger partial charge in [-0.2, -0.15) is 12.3 Å². The standard InChI is InChI=1S/C24H37N3O5S/c1-4-14-27(15-5-2,33(30,31)26-24(29)6-3)22(17-21-13-10-16-32-21)23(28)19-25-18-20-11-8-7-9-12-20/h7-13,16,22-23,25,28H,4-6,14-15,17-19H2,1-3H3/p+1. The topological polar surface area (TPSA) is 109 Å².